The van der Waals surface area contributed by atoms with Crippen LogP contribution in [0.3, 0.4) is 0 Å². The molecule has 1 unspecified atom stereocenters. The van der Waals surface area contributed by atoms with E-state index in [1.54, 1.807) is 4.40 Å². The summed E-state index contributed by atoms with van der Waals surface area (Å²) >= 11 is 0. The molecule has 0 aliphatic rings. The van der Waals surface area contributed by atoms with Gasteiger partial charge < -0.3 is 16.6 Å². The molecule has 2 aromatic rings. The molecule has 0 aliphatic carbocycles. The van der Waals surface area contributed by atoms with Gasteiger partial charge in [-0.05, 0) is 26.2 Å². The topological polar surface area (TPSA) is 115 Å². The molecule has 2 aromatic heterocycles. The van der Waals surface area contributed by atoms with E-state index in [9.17, 15) is 5.11 Å². The third-order valence-corrected chi connectivity index (χ3v) is 3.74. The molecule has 0 spiro atoms. The van der Waals surface area contributed by atoms with Gasteiger partial charge in [0.2, 0.25) is 5.88 Å². The Morgan fingerprint density at radius 2 is 2.14 bits per heavy atom. The van der Waals surface area contributed by atoms with Crippen LogP contribution < -0.4 is 11.5 Å². The first-order valence-corrected chi connectivity index (χ1v) is 7.56. The number of aromatic nitrogens is 3. The van der Waals surface area contributed by atoms with E-state index in [4.69, 9.17) is 11.5 Å². The standard InChI is InChI=1S/C15H24N6O/c1-4-9(2)12-14(22)21-8-10(3)19-11(13(21)20-12)6-5-7-18-15(16)17/h8-9,22H,4-7H2,1-3H3,(H4,16,17,18). The first-order chi connectivity index (χ1) is 10.4. The zero-order chi connectivity index (χ0) is 16.3. The predicted molar refractivity (Wildman–Crippen MR) is 87.1 cm³/mol. The van der Waals surface area contributed by atoms with Gasteiger partial charge in [0.25, 0.3) is 0 Å². The molecule has 0 aromatic carbocycles. The first-order valence-electron chi connectivity index (χ1n) is 7.56. The lowest BCUT2D eigenvalue weighted by Gasteiger charge is -2.05. The third kappa shape index (κ3) is 3.29. The zero-order valence-corrected chi connectivity index (χ0v) is 13.4. The van der Waals surface area contributed by atoms with Gasteiger partial charge in [-0.2, -0.15) is 0 Å². The van der Waals surface area contributed by atoms with Gasteiger partial charge in [0.1, 0.15) is 5.69 Å². The van der Waals surface area contributed by atoms with E-state index in [1.165, 1.54) is 0 Å². The van der Waals surface area contributed by atoms with Crippen molar-refractivity contribution in [2.75, 3.05) is 6.54 Å². The predicted octanol–water partition coefficient (Wildman–Crippen LogP) is 1.46. The Kier molecular flexibility index (Phi) is 4.85. The summed E-state index contributed by atoms with van der Waals surface area (Å²) in [6.45, 7) is 6.59. The maximum atomic E-state index is 10.4. The fourth-order valence-electron chi connectivity index (χ4n) is 2.39. The van der Waals surface area contributed by atoms with Crippen LogP contribution in [0.2, 0.25) is 0 Å². The Labute approximate surface area is 130 Å². The molecule has 2 heterocycles. The second-order valence-corrected chi connectivity index (χ2v) is 5.56. The lowest BCUT2D eigenvalue weighted by atomic mass is 10.1. The molecule has 120 valence electrons. The first kappa shape index (κ1) is 16.1. The number of guanidine groups is 1. The molecule has 5 N–H and O–H groups in total. The van der Waals surface area contributed by atoms with Crippen LogP contribution >= 0.6 is 0 Å². The summed E-state index contributed by atoms with van der Waals surface area (Å²) in [7, 11) is 0. The Balaban J connectivity index is 2.35. The molecule has 7 nitrogen and oxygen atoms in total. The van der Waals surface area contributed by atoms with Gasteiger partial charge in [0, 0.05) is 18.7 Å². The number of imidazole rings is 1. The molecule has 0 fully saturated rings. The highest BCUT2D eigenvalue weighted by atomic mass is 16.3. The number of aryl methyl sites for hydroxylation is 2. The number of hydrogen-bond acceptors (Lipinski definition) is 4. The van der Waals surface area contributed by atoms with Gasteiger partial charge in [-0.3, -0.25) is 14.4 Å². The number of aromatic hydroxyl groups is 1. The van der Waals surface area contributed by atoms with Gasteiger partial charge in [-0.25, -0.2) is 4.98 Å². The van der Waals surface area contributed by atoms with Gasteiger partial charge in [0.15, 0.2) is 11.6 Å². The van der Waals surface area contributed by atoms with Crippen molar-refractivity contribution in [2.45, 2.75) is 46.0 Å². The van der Waals surface area contributed by atoms with E-state index in [2.05, 4.69) is 28.8 Å². The van der Waals surface area contributed by atoms with E-state index in [-0.39, 0.29) is 17.8 Å². The Morgan fingerprint density at radius 3 is 2.77 bits per heavy atom. The van der Waals surface area contributed by atoms with Crippen LogP contribution in [-0.4, -0.2) is 32.0 Å². The summed E-state index contributed by atoms with van der Waals surface area (Å²) in [5.74, 6) is 0.509. The Morgan fingerprint density at radius 1 is 1.41 bits per heavy atom. The minimum Gasteiger partial charge on any atom is -0.493 e. The van der Waals surface area contributed by atoms with Crippen LogP contribution in [0, 0.1) is 6.92 Å². The van der Waals surface area contributed by atoms with Crippen LogP contribution in [0.15, 0.2) is 11.2 Å². The number of hydrogen-bond donors (Lipinski definition) is 3. The van der Waals surface area contributed by atoms with Crippen molar-refractivity contribution in [1.82, 2.24) is 14.4 Å². The van der Waals surface area contributed by atoms with Crippen LogP contribution in [-0.2, 0) is 6.42 Å². The molecule has 0 amide bonds. The highest BCUT2D eigenvalue weighted by Gasteiger charge is 2.19. The molecule has 2 rings (SSSR count). The minimum atomic E-state index is 0.0971. The van der Waals surface area contributed by atoms with E-state index < -0.39 is 0 Å². The highest BCUT2D eigenvalue weighted by Crippen LogP contribution is 2.29. The maximum Gasteiger partial charge on any atom is 0.219 e. The average Bonchev–Trinajstić information content (AvgIpc) is 2.80. The molecular weight excluding hydrogens is 280 g/mol. The van der Waals surface area contributed by atoms with Crippen molar-refractivity contribution < 1.29 is 5.11 Å². The van der Waals surface area contributed by atoms with E-state index in [0.717, 1.165) is 29.9 Å². The van der Waals surface area contributed by atoms with Gasteiger partial charge in [-0.15, -0.1) is 0 Å². The number of rotatable bonds is 6. The monoisotopic (exact) mass is 304 g/mol. The fourth-order valence-corrected chi connectivity index (χ4v) is 2.39. The summed E-state index contributed by atoms with van der Waals surface area (Å²) in [6, 6.07) is 0. The third-order valence-electron chi connectivity index (χ3n) is 3.74. The number of fused-ring (bicyclic) bond motifs is 1. The normalized spacial score (nSPS) is 12.5. The highest BCUT2D eigenvalue weighted by molar-refractivity contribution is 5.75. The molecule has 1 atom stereocenters. The van der Waals surface area contributed by atoms with Crippen LogP contribution in [0.25, 0.3) is 5.65 Å². The Bertz CT molecular complexity index is 687. The second-order valence-electron chi connectivity index (χ2n) is 5.56. The zero-order valence-electron chi connectivity index (χ0n) is 13.4. The second kappa shape index (κ2) is 6.64. The molecule has 0 bridgehead atoms. The maximum absolute atomic E-state index is 10.4. The van der Waals surface area contributed by atoms with Crippen molar-refractivity contribution in [3.8, 4) is 5.88 Å². The van der Waals surface area contributed by atoms with Crippen LogP contribution in [0.4, 0.5) is 0 Å². The average molecular weight is 304 g/mol. The molecule has 22 heavy (non-hydrogen) atoms. The molecule has 0 saturated carbocycles. The molecule has 0 saturated heterocycles. The number of nitrogens with two attached hydrogens (primary N) is 2. The van der Waals surface area contributed by atoms with Gasteiger partial charge in [-0.1, -0.05) is 13.8 Å². The van der Waals surface area contributed by atoms with Crippen molar-refractivity contribution in [1.29, 1.82) is 0 Å². The molecule has 7 heteroatoms. The van der Waals surface area contributed by atoms with Crippen LogP contribution in [0.5, 0.6) is 5.88 Å². The van der Waals surface area contributed by atoms with Crippen LogP contribution in [0.1, 0.15) is 49.7 Å². The van der Waals surface area contributed by atoms with Crippen molar-refractivity contribution in [3.05, 3.63) is 23.3 Å². The fraction of sp³-hybridized carbons (Fsp3) is 0.533. The largest absolute Gasteiger partial charge is 0.493 e. The molecule has 0 radical (unpaired) electrons. The summed E-state index contributed by atoms with van der Waals surface area (Å²) in [5, 5.41) is 10.4. The summed E-state index contributed by atoms with van der Waals surface area (Å²) in [5.41, 5.74) is 13.8. The van der Waals surface area contributed by atoms with Gasteiger partial charge >= 0.3 is 0 Å². The summed E-state index contributed by atoms with van der Waals surface area (Å²) in [6.07, 6.45) is 4.21. The SMILES string of the molecule is CCC(C)c1nc2c(CCCN=C(N)N)nc(C)cn2c1O. The van der Waals surface area contributed by atoms with E-state index in [1.807, 2.05) is 13.1 Å². The van der Waals surface area contributed by atoms with Crippen molar-refractivity contribution in [3.63, 3.8) is 0 Å². The summed E-state index contributed by atoms with van der Waals surface area (Å²) in [4.78, 5) is 13.1. The van der Waals surface area contributed by atoms with E-state index in [0.29, 0.717) is 18.6 Å². The lowest BCUT2D eigenvalue weighted by Crippen LogP contribution is -2.23. The molecule has 0 aliphatic heterocycles. The van der Waals surface area contributed by atoms with Gasteiger partial charge in [0.05, 0.1) is 11.4 Å². The molecular formula is C15H24N6O. The smallest absolute Gasteiger partial charge is 0.219 e. The van der Waals surface area contributed by atoms with E-state index >= 15 is 0 Å². The number of aliphatic imine (C=N–C) groups is 1. The lowest BCUT2D eigenvalue weighted by molar-refractivity contribution is 0.434. The van der Waals surface area contributed by atoms with Crippen molar-refractivity contribution in [2.24, 2.45) is 16.5 Å². The quantitative estimate of drug-likeness (QED) is 0.424. The van der Waals surface area contributed by atoms with Crippen molar-refractivity contribution >= 4 is 11.6 Å². The minimum absolute atomic E-state index is 0.0971. The Hall–Kier alpha value is -2.31. The summed E-state index contributed by atoms with van der Waals surface area (Å²) < 4.78 is 1.72. The number of nitrogens with zero attached hydrogens (tertiary/aromatic N) is 4.